The molecule has 3 fully saturated rings. The minimum Gasteiger partial charge on any atom is -0.394 e. The van der Waals surface area contributed by atoms with Crippen LogP contribution in [0.5, 0.6) is 0 Å². The third-order valence-corrected chi connectivity index (χ3v) is 9.94. The van der Waals surface area contributed by atoms with Crippen LogP contribution in [0.2, 0.25) is 0 Å². The predicted molar refractivity (Wildman–Crippen MR) is 137 cm³/mol. The van der Waals surface area contributed by atoms with Crippen LogP contribution >= 0.6 is 11.8 Å². The third kappa shape index (κ3) is 4.48. The van der Waals surface area contributed by atoms with Crippen molar-refractivity contribution in [3.05, 3.63) is 35.9 Å². The van der Waals surface area contributed by atoms with Gasteiger partial charge in [-0.05, 0) is 44.1 Å². The lowest BCUT2D eigenvalue weighted by Crippen LogP contribution is -2.56. The summed E-state index contributed by atoms with van der Waals surface area (Å²) >= 11 is 1.67. The summed E-state index contributed by atoms with van der Waals surface area (Å²) in [5.74, 6) is -1.23. The Kier molecular flexibility index (Phi) is 7.53. The van der Waals surface area contributed by atoms with Gasteiger partial charge in [-0.1, -0.05) is 51.1 Å². The van der Waals surface area contributed by atoms with Crippen molar-refractivity contribution in [1.82, 2.24) is 15.5 Å². The normalized spacial score (nSPS) is 32.1. The Bertz CT molecular complexity index is 957. The van der Waals surface area contributed by atoms with E-state index in [0.29, 0.717) is 25.9 Å². The maximum absolute atomic E-state index is 14.1. The number of carbonyl (C=O) groups is 3. The maximum Gasteiger partial charge on any atom is 0.244 e. The number of aliphatic hydroxyl groups is 1. The van der Waals surface area contributed by atoms with Gasteiger partial charge in [0.15, 0.2) is 0 Å². The van der Waals surface area contributed by atoms with Crippen molar-refractivity contribution >= 4 is 29.5 Å². The molecule has 2 unspecified atom stereocenters. The number of nitrogens with one attached hydrogen (secondary N) is 2. The molecule has 0 radical (unpaired) electrons. The Balaban J connectivity index is 1.70. The van der Waals surface area contributed by atoms with Gasteiger partial charge in [0, 0.05) is 17.8 Å². The van der Waals surface area contributed by atoms with Crippen molar-refractivity contribution in [1.29, 1.82) is 0 Å². The first-order valence-corrected chi connectivity index (χ1v) is 13.7. The summed E-state index contributed by atoms with van der Waals surface area (Å²) in [5, 5.41) is 16.4. The number of carbonyl (C=O) groups excluding carboxylic acids is 3. The monoisotopic (exact) mass is 501 g/mol. The number of nitrogens with zero attached hydrogens (tertiary/aromatic N) is 1. The number of benzene rings is 1. The lowest BCUT2D eigenvalue weighted by molar-refractivity contribution is -0.143. The van der Waals surface area contributed by atoms with E-state index in [1.807, 2.05) is 37.3 Å². The van der Waals surface area contributed by atoms with Crippen LogP contribution in [0.25, 0.3) is 0 Å². The van der Waals surface area contributed by atoms with Crippen LogP contribution in [-0.2, 0) is 20.9 Å². The first kappa shape index (κ1) is 26.0. The van der Waals surface area contributed by atoms with Crippen molar-refractivity contribution in [3.8, 4) is 0 Å². The predicted octanol–water partition coefficient (Wildman–Crippen LogP) is 2.72. The summed E-state index contributed by atoms with van der Waals surface area (Å²) < 4.78 is -1.04. The average Bonchev–Trinajstić information content (AvgIpc) is 3.40. The molecule has 3 amide bonds. The van der Waals surface area contributed by atoms with E-state index in [4.69, 9.17) is 0 Å². The zero-order chi connectivity index (χ0) is 25.4. The topological polar surface area (TPSA) is 98.7 Å². The quantitative estimate of drug-likeness (QED) is 0.458. The Morgan fingerprint density at radius 3 is 2.51 bits per heavy atom. The summed E-state index contributed by atoms with van der Waals surface area (Å²) in [6.07, 6.45) is 2.92. The highest BCUT2D eigenvalue weighted by Gasteiger charge is 2.77. The highest BCUT2D eigenvalue weighted by atomic mass is 32.2. The third-order valence-electron chi connectivity index (χ3n) is 7.95. The van der Waals surface area contributed by atoms with Gasteiger partial charge in [-0.15, -0.1) is 11.8 Å². The number of fused-ring (bicyclic) bond motifs is 1. The molecule has 1 aromatic rings. The second-order valence-electron chi connectivity index (χ2n) is 10.9. The highest BCUT2D eigenvalue weighted by molar-refractivity contribution is 8.02. The van der Waals surface area contributed by atoms with Gasteiger partial charge in [0.05, 0.1) is 29.2 Å². The van der Waals surface area contributed by atoms with Gasteiger partial charge in [0.25, 0.3) is 0 Å². The zero-order valence-corrected chi connectivity index (χ0v) is 22.1. The molecule has 3 N–H and O–H groups in total. The number of aliphatic hydroxyl groups excluding tert-OH is 1. The summed E-state index contributed by atoms with van der Waals surface area (Å²) in [6, 6.07) is 8.54. The molecule has 3 aliphatic heterocycles. The van der Waals surface area contributed by atoms with E-state index >= 15 is 0 Å². The summed E-state index contributed by atoms with van der Waals surface area (Å²) in [6.45, 7) is 8.92. The van der Waals surface area contributed by atoms with Gasteiger partial charge in [-0.2, -0.15) is 0 Å². The molecular weight excluding hydrogens is 462 g/mol. The molecule has 6 atom stereocenters. The first-order valence-electron chi connectivity index (χ1n) is 12.9. The minimum atomic E-state index is -0.713. The molecule has 7 nitrogen and oxygen atoms in total. The van der Waals surface area contributed by atoms with Crippen LogP contribution < -0.4 is 10.6 Å². The van der Waals surface area contributed by atoms with Crippen molar-refractivity contribution in [2.75, 3.05) is 13.2 Å². The Hall–Kier alpha value is -2.06. The number of thioether (sulfide) groups is 1. The average molecular weight is 502 g/mol. The van der Waals surface area contributed by atoms with Crippen molar-refractivity contribution in [2.24, 2.45) is 17.8 Å². The summed E-state index contributed by atoms with van der Waals surface area (Å²) in [7, 11) is 0. The molecule has 0 aromatic heterocycles. The lowest BCUT2D eigenvalue weighted by Gasteiger charge is -2.37. The van der Waals surface area contributed by atoms with E-state index in [9.17, 15) is 19.5 Å². The van der Waals surface area contributed by atoms with Crippen molar-refractivity contribution < 1.29 is 19.5 Å². The molecule has 192 valence electrons. The molecule has 1 spiro atoms. The Labute approximate surface area is 212 Å². The lowest BCUT2D eigenvalue weighted by atomic mass is 9.66. The van der Waals surface area contributed by atoms with Crippen LogP contribution in [0.3, 0.4) is 0 Å². The SMILES string of the molecule is CCCNC(=O)[C@@H]1[C@H]2C(=O)N([C@@H](CO)CC(C)C)C(C(=O)NCc3ccccc3)C23CC[C@@]1(C)S3. The van der Waals surface area contributed by atoms with Crippen molar-refractivity contribution in [3.63, 3.8) is 0 Å². The zero-order valence-electron chi connectivity index (χ0n) is 21.3. The van der Waals surface area contributed by atoms with E-state index in [-0.39, 0.29) is 35.0 Å². The van der Waals surface area contributed by atoms with Crippen LogP contribution in [0.15, 0.2) is 30.3 Å². The first-order chi connectivity index (χ1) is 16.7. The fourth-order valence-electron chi connectivity index (χ4n) is 6.52. The van der Waals surface area contributed by atoms with Crippen LogP contribution in [0.4, 0.5) is 0 Å². The highest BCUT2D eigenvalue weighted by Crippen LogP contribution is 2.71. The van der Waals surface area contributed by atoms with Crippen LogP contribution in [0, 0.1) is 17.8 Å². The standard InChI is InChI=1S/C27H39N3O4S/c1-5-13-28-23(32)20-21-25(34)30(19(16-31)14-17(2)3)22(27(21)12-11-26(20,4)35-27)24(33)29-15-18-9-7-6-8-10-18/h6-10,17,19-22,31H,5,11-16H2,1-4H3,(H,28,32)(H,29,33)/t19-,20+,21+,22?,26-,27?/m1/s1. The number of rotatable bonds is 10. The molecular formula is C27H39N3O4S. The van der Waals surface area contributed by atoms with Gasteiger partial charge < -0.3 is 20.6 Å². The van der Waals surface area contributed by atoms with Crippen LogP contribution in [-0.4, -0.2) is 62.5 Å². The fraction of sp³-hybridized carbons (Fsp3) is 0.667. The fourth-order valence-corrected chi connectivity index (χ4v) is 8.86. The molecule has 3 heterocycles. The Morgan fingerprint density at radius 2 is 1.89 bits per heavy atom. The molecule has 0 saturated carbocycles. The summed E-state index contributed by atoms with van der Waals surface area (Å²) in [4.78, 5) is 43.0. The molecule has 3 aliphatic rings. The van der Waals surface area contributed by atoms with Crippen LogP contribution in [0.1, 0.15) is 58.9 Å². The Morgan fingerprint density at radius 1 is 1.17 bits per heavy atom. The van der Waals surface area contributed by atoms with E-state index in [0.717, 1.165) is 18.4 Å². The van der Waals surface area contributed by atoms with E-state index in [2.05, 4.69) is 31.4 Å². The van der Waals surface area contributed by atoms with Gasteiger partial charge in [0.2, 0.25) is 17.7 Å². The van der Waals surface area contributed by atoms with Crippen molar-refractivity contribution in [2.45, 2.75) is 81.5 Å². The summed E-state index contributed by atoms with van der Waals surface area (Å²) in [5.41, 5.74) is 0.985. The van der Waals surface area contributed by atoms with E-state index in [1.54, 1.807) is 16.7 Å². The molecule has 1 aromatic carbocycles. The second-order valence-corrected chi connectivity index (χ2v) is 12.8. The number of likely N-dealkylation sites (tertiary alicyclic amines) is 1. The molecule has 0 aliphatic carbocycles. The second kappa shape index (κ2) is 10.1. The molecule has 3 saturated heterocycles. The van der Waals surface area contributed by atoms with Gasteiger partial charge in [-0.25, -0.2) is 0 Å². The number of hydrogen-bond donors (Lipinski definition) is 3. The number of amides is 3. The minimum absolute atomic E-state index is 0.0866. The molecule has 8 heteroatoms. The van der Waals surface area contributed by atoms with E-state index in [1.165, 1.54) is 0 Å². The maximum atomic E-state index is 14.1. The molecule has 35 heavy (non-hydrogen) atoms. The smallest absolute Gasteiger partial charge is 0.244 e. The van der Waals surface area contributed by atoms with Gasteiger partial charge in [0.1, 0.15) is 6.04 Å². The van der Waals surface area contributed by atoms with Gasteiger partial charge in [-0.3, -0.25) is 14.4 Å². The molecule has 2 bridgehead atoms. The number of hydrogen-bond acceptors (Lipinski definition) is 5. The van der Waals surface area contributed by atoms with E-state index < -0.39 is 28.7 Å². The largest absolute Gasteiger partial charge is 0.394 e. The molecule has 4 rings (SSSR count). The van der Waals surface area contributed by atoms with Gasteiger partial charge >= 0.3 is 0 Å².